The summed E-state index contributed by atoms with van der Waals surface area (Å²) in [6.07, 6.45) is 0. The molecule has 2 aromatic rings. The molecule has 12 heteroatoms. The van der Waals surface area contributed by atoms with Crippen LogP contribution in [0.5, 0.6) is 0 Å². The van der Waals surface area contributed by atoms with Crippen molar-refractivity contribution in [2.45, 2.75) is 4.90 Å². The second-order valence-electron chi connectivity index (χ2n) is 5.25. The maximum atomic E-state index is 13.8. The number of hydrogen-bond acceptors (Lipinski definition) is 7. The van der Waals surface area contributed by atoms with Gasteiger partial charge in [0, 0.05) is 23.5 Å². The number of nitrogens with one attached hydrogen (secondary N) is 2. The van der Waals surface area contributed by atoms with Crippen molar-refractivity contribution >= 4 is 44.0 Å². The van der Waals surface area contributed by atoms with Gasteiger partial charge >= 0.3 is 0 Å². The Bertz CT molecular complexity index is 915. The molecule has 2 N–H and O–H groups in total. The molecule has 0 aliphatic carbocycles. The van der Waals surface area contributed by atoms with Gasteiger partial charge in [0.05, 0.1) is 13.2 Å². The number of carbonyl (C=O) groups is 1. The molecule has 1 aliphatic heterocycles. The SMILES string of the molecule is O=C(NNS(=O)(=O)c1ccc(Cl)cc1F)c1csc(N2CCOCC2)n1. The van der Waals surface area contributed by atoms with Crippen molar-refractivity contribution in [3.8, 4) is 0 Å². The zero-order chi connectivity index (χ0) is 18.7. The quantitative estimate of drug-likeness (QED) is 0.709. The normalized spacial score (nSPS) is 15.1. The first-order chi connectivity index (χ1) is 12.4. The lowest BCUT2D eigenvalue weighted by Gasteiger charge is -2.25. The zero-order valence-corrected chi connectivity index (χ0v) is 15.6. The van der Waals surface area contributed by atoms with Gasteiger partial charge in [0.15, 0.2) is 5.13 Å². The Hall–Kier alpha value is -1.79. The summed E-state index contributed by atoms with van der Waals surface area (Å²) in [5.74, 6) is -1.78. The number of amides is 1. The number of carbonyl (C=O) groups excluding carboxylic acids is 1. The van der Waals surface area contributed by atoms with Gasteiger partial charge in [-0.15, -0.1) is 16.2 Å². The molecule has 0 saturated carbocycles. The highest BCUT2D eigenvalue weighted by atomic mass is 35.5. The molecule has 0 bridgehead atoms. The van der Waals surface area contributed by atoms with Crippen molar-refractivity contribution < 1.29 is 22.3 Å². The second-order valence-corrected chi connectivity index (χ2v) is 8.17. The van der Waals surface area contributed by atoms with Crippen LogP contribution in [0.4, 0.5) is 9.52 Å². The highest BCUT2D eigenvalue weighted by Gasteiger charge is 2.22. The summed E-state index contributed by atoms with van der Waals surface area (Å²) < 4.78 is 43.2. The third-order valence-corrected chi connectivity index (χ3v) is 5.91. The van der Waals surface area contributed by atoms with Crippen LogP contribution in [0, 0.1) is 5.82 Å². The van der Waals surface area contributed by atoms with Crippen molar-refractivity contribution in [3.63, 3.8) is 0 Å². The smallest absolute Gasteiger partial charge is 0.285 e. The van der Waals surface area contributed by atoms with Gasteiger partial charge in [-0.1, -0.05) is 11.6 Å². The molecule has 1 aromatic carbocycles. The Balaban J connectivity index is 1.65. The topological polar surface area (TPSA) is 101 Å². The van der Waals surface area contributed by atoms with E-state index < -0.39 is 26.6 Å². The fourth-order valence-corrected chi connectivity index (χ4v) is 4.11. The maximum Gasteiger partial charge on any atom is 0.285 e. The van der Waals surface area contributed by atoms with Crippen molar-refractivity contribution in [1.29, 1.82) is 0 Å². The minimum atomic E-state index is -4.29. The van der Waals surface area contributed by atoms with Crippen LogP contribution in [0.2, 0.25) is 5.02 Å². The van der Waals surface area contributed by atoms with E-state index in [0.717, 1.165) is 12.1 Å². The molecule has 1 fully saturated rings. The van der Waals surface area contributed by atoms with Gasteiger partial charge in [0.2, 0.25) is 0 Å². The molecule has 1 aromatic heterocycles. The van der Waals surface area contributed by atoms with Crippen molar-refractivity contribution in [3.05, 3.63) is 40.1 Å². The molecule has 0 spiro atoms. The highest BCUT2D eigenvalue weighted by molar-refractivity contribution is 7.89. The Labute approximate surface area is 158 Å². The fraction of sp³-hybridized carbons (Fsp3) is 0.286. The number of rotatable bonds is 5. The standard InChI is InChI=1S/C14H14ClFN4O4S2/c15-9-1-2-12(10(16)7-9)26(22,23)19-18-13(21)11-8-25-14(17-11)20-3-5-24-6-4-20/h1-2,7-8,19H,3-6H2,(H,18,21). The first-order valence-electron chi connectivity index (χ1n) is 7.42. The third kappa shape index (κ3) is 4.30. The van der Waals surface area contributed by atoms with Crippen LogP contribution >= 0.6 is 22.9 Å². The molecule has 3 rings (SSSR count). The van der Waals surface area contributed by atoms with E-state index in [-0.39, 0.29) is 10.7 Å². The molecule has 140 valence electrons. The molecule has 1 aliphatic rings. The molecule has 1 amide bonds. The Morgan fingerprint density at radius 2 is 2.08 bits per heavy atom. The third-order valence-electron chi connectivity index (χ3n) is 3.49. The molecule has 0 atom stereocenters. The number of morpholine rings is 1. The first kappa shape index (κ1) is 19.0. The van der Waals surface area contributed by atoms with Crippen LogP contribution < -0.4 is 15.2 Å². The molecule has 2 heterocycles. The van der Waals surface area contributed by atoms with Gasteiger partial charge in [-0.25, -0.2) is 17.8 Å². The lowest BCUT2D eigenvalue weighted by atomic mass is 10.3. The Kier molecular flexibility index (Phi) is 5.73. The van der Waals surface area contributed by atoms with Crippen LogP contribution in [0.25, 0.3) is 0 Å². The number of thiazole rings is 1. The summed E-state index contributed by atoms with van der Waals surface area (Å²) in [4.78, 5) is 19.5. The van der Waals surface area contributed by atoms with Crippen LogP contribution in [-0.4, -0.2) is 45.6 Å². The summed E-state index contributed by atoms with van der Waals surface area (Å²) in [6.45, 7) is 2.48. The Morgan fingerprint density at radius 1 is 1.35 bits per heavy atom. The molecule has 0 unspecified atom stereocenters. The van der Waals surface area contributed by atoms with E-state index in [1.807, 2.05) is 15.2 Å². The van der Waals surface area contributed by atoms with Crippen LogP contribution in [0.1, 0.15) is 10.5 Å². The number of hydrazine groups is 1. The first-order valence-corrected chi connectivity index (χ1v) is 10.2. The van der Waals surface area contributed by atoms with E-state index in [9.17, 15) is 17.6 Å². The minimum absolute atomic E-state index is 0.0516. The number of benzene rings is 1. The van der Waals surface area contributed by atoms with Crippen LogP contribution in [0.15, 0.2) is 28.5 Å². The number of nitrogens with zero attached hydrogens (tertiary/aromatic N) is 2. The molecule has 0 radical (unpaired) electrons. The summed E-state index contributed by atoms with van der Waals surface area (Å²) in [7, 11) is -4.29. The van der Waals surface area contributed by atoms with Crippen LogP contribution in [0.3, 0.4) is 0 Å². The van der Waals surface area contributed by atoms with Crippen molar-refractivity contribution in [2.24, 2.45) is 0 Å². The van der Waals surface area contributed by atoms with Gasteiger partial charge < -0.3 is 9.64 Å². The zero-order valence-electron chi connectivity index (χ0n) is 13.2. The van der Waals surface area contributed by atoms with E-state index in [1.165, 1.54) is 22.8 Å². The molecular weight excluding hydrogens is 407 g/mol. The summed E-state index contributed by atoms with van der Waals surface area (Å²) in [5.41, 5.74) is 2.07. The molecular formula is C14H14ClFN4O4S2. The average molecular weight is 421 g/mol. The number of sulfonamides is 1. The number of hydrogen-bond donors (Lipinski definition) is 2. The summed E-state index contributed by atoms with van der Waals surface area (Å²) in [5, 5.41) is 2.21. The van der Waals surface area contributed by atoms with E-state index in [0.29, 0.717) is 31.4 Å². The van der Waals surface area contributed by atoms with Gasteiger partial charge in [-0.05, 0) is 18.2 Å². The predicted octanol–water partition coefficient (Wildman–Crippen LogP) is 1.40. The number of aromatic nitrogens is 1. The molecule has 1 saturated heterocycles. The summed E-state index contributed by atoms with van der Waals surface area (Å²) >= 11 is 6.86. The van der Waals surface area contributed by atoms with Gasteiger partial charge in [-0.3, -0.25) is 10.2 Å². The van der Waals surface area contributed by atoms with E-state index >= 15 is 0 Å². The van der Waals surface area contributed by atoms with Gasteiger partial charge in [0.25, 0.3) is 15.9 Å². The van der Waals surface area contributed by atoms with Crippen molar-refractivity contribution in [2.75, 3.05) is 31.2 Å². The number of halogens is 2. The average Bonchev–Trinajstić information content (AvgIpc) is 3.10. The summed E-state index contributed by atoms with van der Waals surface area (Å²) in [6, 6.07) is 3.11. The highest BCUT2D eigenvalue weighted by Crippen LogP contribution is 2.21. The van der Waals surface area contributed by atoms with E-state index in [4.69, 9.17) is 16.3 Å². The predicted molar refractivity (Wildman–Crippen MR) is 94.3 cm³/mol. The van der Waals surface area contributed by atoms with Crippen molar-refractivity contribution in [1.82, 2.24) is 15.2 Å². The van der Waals surface area contributed by atoms with E-state index in [2.05, 4.69) is 4.98 Å². The van der Waals surface area contributed by atoms with Crippen LogP contribution in [-0.2, 0) is 14.8 Å². The van der Waals surface area contributed by atoms with E-state index in [1.54, 1.807) is 0 Å². The maximum absolute atomic E-state index is 13.8. The van der Waals surface area contributed by atoms with Gasteiger partial charge in [0.1, 0.15) is 16.4 Å². The minimum Gasteiger partial charge on any atom is -0.378 e. The lowest BCUT2D eigenvalue weighted by molar-refractivity contribution is 0.0940. The molecule has 26 heavy (non-hydrogen) atoms. The molecule has 8 nitrogen and oxygen atoms in total. The monoisotopic (exact) mass is 420 g/mol. The Morgan fingerprint density at radius 3 is 2.77 bits per heavy atom. The van der Waals surface area contributed by atoms with Gasteiger partial charge in [-0.2, -0.15) is 0 Å². The number of ether oxygens (including phenoxy) is 1. The lowest BCUT2D eigenvalue weighted by Crippen LogP contribution is -2.42. The largest absolute Gasteiger partial charge is 0.378 e. The number of anilines is 1. The second kappa shape index (κ2) is 7.84. The fourth-order valence-electron chi connectivity index (χ4n) is 2.19.